The highest BCUT2D eigenvalue weighted by Crippen LogP contribution is 2.20. The molecule has 1 fully saturated rings. The zero-order chi connectivity index (χ0) is 12.6. The van der Waals surface area contributed by atoms with E-state index in [1.54, 1.807) is 0 Å². The Hall–Kier alpha value is -1.02. The van der Waals surface area contributed by atoms with E-state index in [9.17, 15) is 0 Å². The number of benzene rings is 1. The van der Waals surface area contributed by atoms with Crippen molar-refractivity contribution in [2.45, 2.75) is 51.6 Å². The number of rotatable bonds is 6. The van der Waals surface area contributed by atoms with Gasteiger partial charge in [0.25, 0.3) is 0 Å². The first-order valence-corrected chi connectivity index (χ1v) is 7.22. The third kappa shape index (κ3) is 4.34. The zero-order valence-corrected chi connectivity index (χ0v) is 11.4. The molecule has 0 spiro atoms. The number of hydrogen-bond acceptors (Lipinski definition) is 2. The van der Waals surface area contributed by atoms with Crippen molar-refractivity contribution in [1.29, 1.82) is 0 Å². The number of aryl methyl sites for hydroxylation is 1. The minimum absolute atomic E-state index is 0.477. The van der Waals surface area contributed by atoms with Crippen molar-refractivity contribution < 1.29 is 9.47 Å². The first-order valence-electron chi connectivity index (χ1n) is 7.22. The SMILES string of the molecule is CCc1ccc(OCCOC2CCCCC2)cc1. The van der Waals surface area contributed by atoms with Crippen LogP contribution in [0.4, 0.5) is 0 Å². The predicted molar refractivity (Wildman–Crippen MR) is 74.1 cm³/mol. The lowest BCUT2D eigenvalue weighted by Gasteiger charge is -2.21. The molecule has 2 nitrogen and oxygen atoms in total. The first kappa shape index (κ1) is 13.4. The van der Waals surface area contributed by atoms with Gasteiger partial charge in [-0.15, -0.1) is 0 Å². The van der Waals surface area contributed by atoms with Gasteiger partial charge in [-0.05, 0) is 37.0 Å². The minimum atomic E-state index is 0.477. The number of hydrogen-bond donors (Lipinski definition) is 0. The van der Waals surface area contributed by atoms with Gasteiger partial charge in [0.1, 0.15) is 12.4 Å². The molecule has 0 heterocycles. The van der Waals surface area contributed by atoms with E-state index >= 15 is 0 Å². The maximum absolute atomic E-state index is 5.82. The van der Waals surface area contributed by atoms with Crippen molar-refractivity contribution >= 4 is 0 Å². The summed E-state index contributed by atoms with van der Waals surface area (Å²) in [4.78, 5) is 0. The quantitative estimate of drug-likeness (QED) is 0.709. The Bertz CT molecular complexity index is 325. The maximum atomic E-state index is 5.82. The molecule has 2 heteroatoms. The molecule has 2 rings (SSSR count). The molecule has 100 valence electrons. The van der Waals surface area contributed by atoms with Crippen molar-refractivity contribution in [3.8, 4) is 5.75 Å². The summed E-state index contributed by atoms with van der Waals surface area (Å²) in [6.07, 6.45) is 8.03. The lowest BCUT2D eigenvalue weighted by molar-refractivity contribution is 0.0129. The Morgan fingerprint density at radius 1 is 1.00 bits per heavy atom. The van der Waals surface area contributed by atoms with Crippen LogP contribution in [0.15, 0.2) is 24.3 Å². The largest absolute Gasteiger partial charge is 0.491 e. The molecule has 18 heavy (non-hydrogen) atoms. The molecule has 0 aromatic heterocycles. The first-order chi connectivity index (χ1) is 8.88. The van der Waals surface area contributed by atoms with Gasteiger partial charge in [-0.3, -0.25) is 0 Å². The molecule has 0 saturated heterocycles. The Morgan fingerprint density at radius 3 is 2.39 bits per heavy atom. The third-order valence-corrected chi connectivity index (χ3v) is 3.59. The molecule has 0 aliphatic heterocycles. The van der Waals surface area contributed by atoms with Crippen LogP contribution in [0.1, 0.15) is 44.6 Å². The van der Waals surface area contributed by atoms with E-state index in [2.05, 4.69) is 19.1 Å². The Kier molecular flexibility index (Phi) is 5.53. The fraction of sp³-hybridized carbons (Fsp3) is 0.625. The molecule has 1 aromatic rings. The van der Waals surface area contributed by atoms with Gasteiger partial charge in [-0.25, -0.2) is 0 Å². The van der Waals surface area contributed by atoms with E-state index in [0.717, 1.165) is 12.2 Å². The van der Waals surface area contributed by atoms with Crippen molar-refractivity contribution in [2.75, 3.05) is 13.2 Å². The summed E-state index contributed by atoms with van der Waals surface area (Å²) in [7, 11) is 0. The van der Waals surface area contributed by atoms with Crippen molar-refractivity contribution in [3.63, 3.8) is 0 Å². The third-order valence-electron chi connectivity index (χ3n) is 3.59. The summed E-state index contributed by atoms with van der Waals surface area (Å²) in [6.45, 7) is 3.52. The fourth-order valence-electron chi connectivity index (χ4n) is 2.43. The normalized spacial score (nSPS) is 16.7. The molecule has 1 aliphatic carbocycles. The topological polar surface area (TPSA) is 18.5 Å². The van der Waals surface area contributed by atoms with E-state index in [4.69, 9.17) is 9.47 Å². The lowest BCUT2D eigenvalue weighted by Crippen LogP contribution is -2.19. The summed E-state index contributed by atoms with van der Waals surface area (Å²) >= 11 is 0. The Labute approximate surface area is 110 Å². The smallest absolute Gasteiger partial charge is 0.119 e. The van der Waals surface area contributed by atoms with Gasteiger partial charge in [-0.2, -0.15) is 0 Å². The van der Waals surface area contributed by atoms with Gasteiger partial charge in [0.15, 0.2) is 0 Å². The van der Waals surface area contributed by atoms with Crippen LogP contribution in [0.5, 0.6) is 5.75 Å². The zero-order valence-electron chi connectivity index (χ0n) is 11.4. The highest BCUT2D eigenvalue weighted by atomic mass is 16.5. The van der Waals surface area contributed by atoms with Crippen molar-refractivity contribution in [2.24, 2.45) is 0 Å². The Balaban J connectivity index is 1.62. The average molecular weight is 248 g/mol. The van der Waals surface area contributed by atoms with Gasteiger partial charge >= 0.3 is 0 Å². The second kappa shape index (κ2) is 7.42. The monoisotopic (exact) mass is 248 g/mol. The van der Waals surface area contributed by atoms with Crippen LogP contribution in [0, 0.1) is 0 Å². The lowest BCUT2D eigenvalue weighted by atomic mass is 9.98. The summed E-state index contributed by atoms with van der Waals surface area (Å²) in [5.41, 5.74) is 1.35. The fourth-order valence-corrected chi connectivity index (χ4v) is 2.43. The summed E-state index contributed by atoms with van der Waals surface area (Å²) in [6, 6.07) is 8.33. The van der Waals surface area contributed by atoms with E-state index in [-0.39, 0.29) is 0 Å². The molecule has 1 aliphatic rings. The highest BCUT2D eigenvalue weighted by Gasteiger charge is 2.13. The van der Waals surface area contributed by atoms with Crippen LogP contribution in [0.25, 0.3) is 0 Å². The molecule has 1 aromatic carbocycles. The van der Waals surface area contributed by atoms with E-state index in [1.807, 2.05) is 12.1 Å². The van der Waals surface area contributed by atoms with Crippen molar-refractivity contribution in [1.82, 2.24) is 0 Å². The predicted octanol–water partition coefficient (Wildman–Crippen LogP) is 3.98. The maximum Gasteiger partial charge on any atom is 0.119 e. The van der Waals surface area contributed by atoms with Gasteiger partial charge in [0.05, 0.1) is 12.7 Å². The second-order valence-electron chi connectivity index (χ2n) is 4.98. The summed E-state index contributed by atoms with van der Waals surface area (Å²) < 4.78 is 11.5. The molecular formula is C16H24O2. The van der Waals surface area contributed by atoms with E-state index in [1.165, 1.54) is 37.7 Å². The summed E-state index contributed by atoms with van der Waals surface area (Å²) in [5, 5.41) is 0. The molecule has 0 unspecified atom stereocenters. The summed E-state index contributed by atoms with van der Waals surface area (Å²) in [5.74, 6) is 0.944. The standard InChI is InChI=1S/C16H24O2/c1-2-14-8-10-16(11-9-14)18-13-12-17-15-6-4-3-5-7-15/h8-11,15H,2-7,12-13H2,1H3. The van der Waals surface area contributed by atoms with Gasteiger partial charge in [-0.1, -0.05) is 38.3 Å². The molecule has 0 N–H and O–H groups in total. The molecular weight excluding hydrogens is 224 g/mol. The van der Waals surface area contributed by atoms with Crippen LogP contribution >= 0.6 is 0 Å². The van der Waals surface area contributed by atoms with Crippen LogP contribution in [-0.2, 0) is 11.2 Å². The molecule has 0 amide bonds. The van der Waals surface area contributed by atoms with Crippen LogP contribution in [-0.4, -0.2) is 19.3 Å². The van der Waals surface area contributed by atoms with Crippen LogP contribution in [0.3, 0.4) is 0 Å². The van der Waals surface area contributed by atoms with E-state index < -0.39 is 0 Å². The van der Waals surface area contributed by atoms with Gasteiger partial charge in [0.2, 0.25) is 0 Å². The highest BCUT2D eigenvalue weighted by molar-refractivity contribution is 5.27. The van der Waals surface area contributed by atoms with Crippen molar-refractivity contribution in [3.05, 3.63) is 29.8 Å². The Morgan fingerprint density at radius 2 is 1.72 bits per heavy atom. The average Bonchev–Trinajstić information content (AvgIpc) is 2.45. The van der Waals surface area contributed by atoms with Crippen LogP contribution in [0.2, 0.25) is 0 Å². The molecule has 1 saturated carbocycles. The second-order valence-corrected chi connectivity index (χ2v) is 4.98. The molecule has 0 radical (unpaired) electrons. The van der Waals surface area contributed by atoms with Gasteiger partial charge < -0.3 is 9.47 Å². The molecule has 0 atom stereocenters. The van der Waals surface area contributed by atoms with E-state index in [0.29, 0.717) is 19.3 Å². The number of ether oxygens (including phenoxy) is 2. The minimum Gasteiger partial charge on any atom is -0.491 e. The van der Waals surface area contributed by atoms with Crippen LogP contribution < -0.4 is 4.74 Å². The van der Waals surface area contributed by atoms with Gasteiger partial charge in [0, 0.05) is 0 Å². The molecule has 0 bridgehead atoms.